The van der Waals surface area contributed by atoms with Crippen molar-refractivity contribution in [2.75, 3.05) is 23.7 Å². The third-order valence-electron chi connectivity index (χ3n) is 3.97. The van der Waals surface area contributed by atoms with Crippen LogP contribution in [0.15, 0.2) is 18.2 Å². The lowest BCUT2D eigenvalue weighted by atomic mass is 10.2. The van der Waals surface area contributed by atoms with Gasteiger partial charge < -0.3 is 20.4 Å². The molecule has 0 unspecified atom stereocenters. The number of amides is 4. The van der Waals surface area contributed by atoms with Gasteiger partial charge in [0.05, 0.1) is 0 Å². The number of rotatable bonds is 2. The molecule has 3 rings (SSSR count). The highest BCUT2D eigenvalue weighted by atomic mass is 16.2. The molecule has 0 aromatic heterocycles. The van der Waals surface area contributed by atoms with Crippen LogP contribution in [-0.4, -0.2) is 47.0 Å². The molecule has 0 bridgehead atoms. The van der Waals surface area contributed by atoms with Gasteiger partial charge in [0.15, 0.2) is 0 Å². The third kappa shape index (κ3) is 2.94. The number of hydrogen-bond donors (Lipinski definition) is 2. The SMILES string of the molecule is Cc1ccc(NC(=O)N2C[C@@H]2C)cc1NC(=O)N1C[C@@H]1C. The quantitative estimate of drug-likeness (QED) is 0.821. The molecule has 0 saturated carbocycles. The number of hydrogen-bond acceptors (Lipinski definition) is 2. The maximum atomic E-state index is 12.0. The van der Waals surface area contributed by atoms with Crippen LogP contribution < -0.4 is 10.6 Å². The van der Waals surface area contributed by atoms with E-state index in [0.717, 1.165) is 24.3 Å². The largest absolute Gasteiger partial charge is 0.322 e. The lowest BCUT2D eigenvalue weighted by molar-refractivity contribution is 0.239. The second-order valence-electron chi connectivity index (χ2n) is 5.89. The highest BCUT2D eigenvalue weighted by molar-refractivity contribution is 5.95. The summed E-state index contributed by atoms with van der Waals surface area (Å²) in [6.07, 6.45) is 0. The molecule has 21 heavy (non-hydrogen) atoms. The normalized spacial score (nSPS) is 22.8. The smallest absolute Gasteiger partial charge is 0.318 e. The molecule has 0 aliphatic carbocycles. The molecule has 2 N–H and O–H groups in total. The summed E-state index contributed by atoms with van der Waals surface area (Å²) >= 11 is 0. The molecular formula is C15H20N4O2. The highest BCUT2D eigenvalue weighted by Crippen LogP contribution is 2.25. The van der Waals surface area contributed by atoms with Gasteiger partial charge in [-0.15, -0.1) is 0 Å². The van der Waals surface area contributed by atoms with Gasteiger partial charge in [-0.05, 0) is 38.5 Å². The van der Waals surface area contributed by atoms with E-state index in [-0.39, 0.29) is 12.1 Å². The van der Waals surface area contributed by atoms with E-state index in [4.69, 9.17) is 0 Å². The maximum absolute atomic E-state index is 12.0. The van der Waals surface area contributed by atoms with Crippen molar-refractivity contribution in [1.82, 2.24) is 9.80 Å². The summed E-state index contributed by atoms with van der Waals surface area (Å²) in [6.45, 7) is 7.54. The number of aryl methyl sites for hydroxylation is 1. The van der Waals surface area contributed by atoms with Gasteiger partial charge in [-0.1, -0.05) is 6.07 Å². The second kappa shape index (κ2) is 4.95. The molecule has 0 radical (unpaired) electrons. The summed E-state index contributed by atoms with van der Waals surface area (Å²) in [6, 6.07) is 5.99. The zero-order valence-electron chi connectivity index (χ0n) is 12.5. The third-order valence-corrected chi connectivity index (χ3v) is 3.97. The molecule has 1 aromatic carbocycles. The Morgan fingerprint density at radius 1 is 1.05 bits per heavy atom. The van der Waals surface area contributed by atoms with E-state index >= 15 is 0 Å². The van der Waals surface area contributed by atoms with Crippen molar-refractivity contribution in [2.45, 2.75) is 32.9 Å². The fourth-order valence-corrected chi connectivity index (χ4v) is 2.26. The van der Waals surface area contributed by atoms with E-state index in [2.05, 4.69) is 10.6 Å². The first-order valence-corrected chi connectivity index (χ1v) is 7.21. The number of anilines is 2. The molecule has 2 aliphatic rings. The number of nitrogens with one attached hydrogen (secondary N) is 2. The van der Waals surface area contributed by atoms with E-state index in [0.29, 0.717) is 17.8 Å². The van der Waals surface area contributed by atoms with E-state index in [1.807, 2.05) is 32.9 Å². The van der Waals surface area contributed by atoms with Crippen LogP contribution in [0, 0.1) is 6.92 Å². The summed E-state index contributed by atoms with van der Waals surface area (Å²) in [5.41, 5.74) is 2.39. The number of nitrogens with zero attached hydrogens (tertiary/aromatic N) is 2. The summed E-state index contributed by atoms with van der Waals surface area (Å²) in [5.74, 6) is 0. The Kier molecular flexibility index (Phi) is 3.23. The summed E-state index contributed by atoms with van der Waals surface area (Å²) in [5, 5.41) is 5.74. The molecule has 6 heteroatoms. The molecule has 2 fully saturated rings. The average Bonchev–Trinajstić information content (AvgIpc) is 3.32. The molecule has 2 saturated heterocycles. The first-order valence-electron chi connectivity index (χ1n) is 7.21. The standard InChI is InChI=1S/C15H20N4O2/c1-9-4-5-12(16-14(20)18-7-10(18)2)6-13(9)17-15(21)19-8-11(19)3/h4-6,10-11H,7-8H2,1-3H3,(H,16,20)(H,17,21)/t10-,11-,18?,19?/m0/s1. The van der Waals surface area contributed by atoms with Crippen molar-refractivity contribution >= 4 is 23.4 Å². The number of carbonyl (C=O) groups is 2. The van der Waals surface area contributed by atoms with Gasteiger partial charge in [0.25, 0.3) is 0 Å². The Hall–Kier alpha value is -2.24. The zero-order valence-corrected chi connectivity index (χ0v) is 12.5. The zero-order chi connectivity index (χ0) is 15.1. The highest BCUT2D eigenvalue weighted by Gasteiger charge is 2.35. The second-order valence-corrected chi connectivity index (χ2v) is 5.89. The molecule has 2 atom stereocenters. The van der Waals surface area contributed by atoms with Crippen LogP contribution in [0.3, 0.4) is 0 Å². The molecule has 2 aliphatic heterocycles. The number of urea groups is 2. The monoisotopic (exact) mass is 288 g/mol. The van der Waals surface area contributed by atoms with Gasteiger partial charge in [0.2, 0.25) is 0 Å². The maximum Gasteiger partial charge on any atom is 0.322 e. The van der Waals surface area contributed by atoms with Crippen LogP contribution in [0.2, 0.25) is 0 Å². The van der Waals surface area contributed by atoms with Crippen molar-refractivity contribution in [3.05, 3.63) is 23.8 Å². The van der Waals surface area contributed by atoms with Crippen LogP contribution >= 0.6 is 0 Å². The predicted octanol–water partition coefficient (Wildman–Crippen LogP) is 2.47. The van der Waals surface area contributed by atoms with Crippen molar-refractivity contribution in [3.63, 3.8) is 0 Å². The van der Waals surface area contributed by atoms with E-state index in [1.165, 1.54) is 0 Å². The summed E-state index contributed by atoms with van der Waals surface area (Å²) in [7, 11) is 0. The van der Waals surface area contributed by atoms with Gasteiger partial charge in [-0.3, -0.25) is 0 Å². The van der Waals surface area contributed by atoms with Gasteiger partial charge in [0, 0.05) is 36.5 Å². The topological polar surface area (TPSA) is 64.2 Å². The van der Waals surface area contributed by atoms with Crippen LogP contribution in [0.25, 0.3) is 0 Å². The summed E-state index contributed by atoms with van der Waals surface area (Å²) < 4.78 is 0. The lowest BCUT2D eigenvalue weighted by Gasteiger charge is -2.12. The van der Waals surface area contributed by atoms with E-state index < -0.39 is 0 Å². The van der Waals surface area contributed by atoms with Gasteiger partial charge in [-0.2, -0.15) is 0 Å². The Morgan fingerprint density at radius 3 is 2.10 bits per heavy atom. The Balaban J connectivity index is 1.67. The van der Waals surface area contributed by atoms with E-state index in [9.17, 15) is 9.59 Å². The van der Waals surface area contributed by atoms with Crippen molar-refractivity contribution in [3.8, 4) is 0 Å². The van der Waals surface area contributed by atoms with E-state index in [1.54, 1.807) is 15.9 Å². The van der Waals surface area contributed by atoms with Gasteiger partial charge in [0.1, 0.15) is 0 Å². The van der Waals surface area contributed by atoms with Crippen LogP contribution in [-0.2, 0) is 0 Å². The van der Waals surface area contributed by atoms with Crippen LogP contribution in [0.5, 0.6) is 0 Å². The number of benzene rings is 1. The molecule has 4 amide bonds. The minimum Gasteiger partial charge on any atom is -0.318 e. The van der Waals surface area contributed by atoms with Gasteiger partial charge in [-0.25, -0.2) is 9.59 Å². The van der Waals surface area contributed by atoms with Crippen molar-refractivity contribution in [1.29, 1.82) is 0 Å². The van der Waals surface area contributed by atoms with Crippen LogP contribution in [0.4, 0.5) is 21.0 Å². The minimum atomic E-state index is -0.0943. The minimum absolute atomic E-state index is 0.0892. The Morgan fingerprint density at radius 2 is 1.57 bits per heavy atom. The number of carbonyl (C=O) groups excluding carboxylic acids is 2. The first-order chi connectivity index (χ1) is 9.95. The predicted molar refractivity (Wildman–Crippen MR) is 81.6 cm³/mol. The van der Waals surface area contributed by atoms with Crippen molar-refractivity contribution in [2.24, 2.45) is 0 Å². The molecular weight excluding hydrogens is 268 g/mol. The summed E-state index contributed by atoms with van der Waals surface area (Å²) in [4.78, 5) is 27.3. The average molecular weight is 288 g/mol. The first kappa shape index (κ1) is 13.7. The Bertz CT molecular complexity index is 601. The lowest BCUT2D eigenvalue weighted by Crippen LogP contribution is -2.22. The fourth-order valence-electron chi connectivity index (χ4n) is 2.26. The van der Waals surface area contributed by atoms with Gasteiger partial charge >= 0.3 is 12.1 Å². The fraction of sp³-hybridized carbons (Fsp3) is 0.467. The Labute approximate surface area is 124 Å². The molecule has 2 heterocycles. The van der Waals surface area contributed by atoms with Crippen molar-refractivity contribution < 1.29 is 9.59 Å². The molecule has 112 valence electrons. The van der Waals surface area contributed by atoms with Crippen LogP contribution in [0.1, 0.15) is 19.4 Å². The molecule has 0 spiro atoms. The molecule has 1 aromatic rings. The molecule has 6 nitrogen and oxygen atoms in total.